The minimum absolute atomic E-state index is 0. The maximum absolute atomic E-state index is 12.3. The number of fused-ring (bicyclic) bond motifs is 2. The van der Waals surface area contributed by atoms with Gasteiger partial charge in [-0.15, -0.1) is 24.0 Å². The van der Waals surface area contributed by atoms with Crippen LogP contribution in [0.25, 0.3) is 10.9 Å². The summed E-state index contributed by atoms with van der Waals surface area (Å²) in [6.45, 7) is 9.11. The first-order valence-corrected chi connectivity index (χ1v) is 9.76. The zero-order valence-electron chi connectivity index (χ0n) is 17.1. The largest absolute Gasteiger partial charge is 0.444 e. The van der Waals surface area contributed by atoms with E-state index in [0.717, 1.165) is 23.4 Å². The third-order valence-corrected chi connectivity index (χ3v) is 5.03. The third-order valence-electron chi connectivity index (χ3n) is 5.03. The van der Waals surface area contributed by atoms with Crippen LogP contribution >= 0.6 is 24.0 Å². The summed E-state index contributed by atoms with van der Waals surface area (Å²) < 4.78 is 5.51. The Balaban J connectivity index is 0.00000240. The SMILES string of the molecule is CC(C)(C)OC(=O)N1CCN2C(NCc3ccnc4ccccc34)=NCC2C1.I. The number of aromatic nitrogens is 1. The Labute approximate surface area is 188 Å². The zero-order valence-corrected chi connectivity index (χ0v) is 19.4. The molecule has 2 aromatic rings. The Bertz CT molecular complexity index is 906. The molecule has 1 fully saturated rings. The first-order valence-electron chi connectivity index (χ1n) is 9.76. The molecule has 156 valence electrons. The third kappa shape index (κ3) is 4.91. The molecule has 0 saturated carbocycles. The number of amides is 1. The lowest BCUT2D eigenvalue weighted by Gasteiger charge is -2.39. The van der Waals surface area contributed by atoms with E-state index in [1.165, 1.54) is 5.56 Å². The van der Waals surface area contributed by atoms with Crippen molar-refractivity contribution in [3.05, 3.63) is 42.1 Å². The fraction of sp³-hybridized carbons (Fsp3) is 0.476. The molecule has 4 rings (SSSR count). The van der Waals surface area contributed by atoms with Gasteiger partial charge in [-0.2, -0.15) is 0 Å². The molecule has 0 radical (unpaired) electrons. The molecule has 1 N–H and O–H groups in total. The van der Waals surface area contributed by atoms with E-state index in [2.05, 4.69) is 26.3 Å². The lowest BCUT2D eigenvalue weighted by Crippen LogP contribution is -2.57. The molecule has 3 heterocycles. The summed E-state index contributed by atoms with van der Waals surface area (Å²) in [5.74, 6) is 0.912. The van der Waals surface area contributed by atoms with Gasteiger partial charge in [0.05, 0.1) is 18.1 Å². The first-order chi connectivity index (χ1) is 13.4. The smallest absolute Gasteiger partial charge is 0.410 e. The number of aliphatic imine (C=N–C) groups is 1. The van der Waals surface area contributed by atoms with Gasteiger partial charge in [-0.25, -0.2) is 4.79 Å². The fourth-order valence-electron chi connectivity index (χ4n) is 3.71. The molecular weight excluding hydrogens is 481 g/mol. The number of halogens is 1. The molecular formula is C21H28IN5O2. The second kappa shape index (κ2) is 8.73. The predicted octanol–water partition coefficient (Wildman–Crippen LogP) is 3.23. The normalized spacial score (nSPS) is 18.7. The summed E-state index contributed by atoms with van der Waals surface area (Å²) in [6, 6.07) is 10.4. The number of piperazine rings is 1. The molecule has 1 aromatic heterocycles. The lowest BCUT2D eigenvalue weighted by molar-refractivity contribution is 0.0137. The number of ether oxygens (including phenoxy) is 1. The summed E-state index contributed by atoms with van der Waals surface area (Å²) in [6.07, 6.45) is 1.61. The summed E-state index contributed by atoms with van der Waals surface area (Å²) in [4.78, 5) is 25.5. The van der Waals surface area contributed by atoms with Crippen molar-refractivity contribution < 1.29 is 9.53 Å². The van der Waals surface area contributed by atoms with Crippen LogP contribution in [-0.2, 0) is 11.3 Å². The molecule has 1 aromatic carbocycles. The van der Waals surface area contributed by atoms with E-state index in [1.54, 1.807) is 4.90 Å². The number of nitrogens with one attached hydrogen (secondary N) is 1. The molecule has 8 heteroatoms. The van der Waals surface area contributed by atoms with Crippen molar-refractivity contribution in [3.8, 4) is 0 Å². The molecule has 1 atom stereocenters. The van der Waals surface area contributed by atoms with Gasteiger partial charge in [0.1, 0.15) is 5.60 Å². The maximum Gasteiger partial charge on any atom is 0.410 e. The second-order valence-corrected chi connectivity index (χ2v) is 8.28. The van der Waals surface area contributed by atoms with Crippen molar-refractivity contribution in [3.63, 3.8) is 0 Å². The average Bonchev–Trinajstić information content (AvgIpc) is 3.07. The minimum Gasteiger partial charge on any atom is -0.444 e. The highest BCUT2D eigenvalue weighted by Crippen LogP contribution is 2.20. The molecule has 0 bridgehead atoms. The number of nitrogens with zero attached hydrogens (tertiary/aromatic N) is 4. The Hall–Kier alpha value is -2.10. The lowest BCUT2D eigenvalue weighted by atomic mass is 10.1. The van der Waals surface area contributed by atoms with Gasteiger partial charge < -0.3 is 19.9 Å². The van der Waals surface area contributed by atoms with Gasteiger partial charge in [0.15, 0.2) is 5.96 Å². The van der Waals surface area contributed by atoms with E-state index in [-0.39, 0.29) is 36.1 Å². The molecule has 7 nitrogen and oxygen atoms in total. The molecule has 1 unspecified atom stereocenters. The molecule has 0 aliphatic carbocycles. The van der Waals surface area contributed by atoms with Gasteiger partial charge in [-0.3, -0.25) is 9.98 Å². The monoisotopic (exact) mass is 509 g/mol. The summed E-state index contributed by atoms with van der Waals surface area (Å²) in [5.41, 5.74) is 1.73. The van der Waals surface area contributed by atoms with E-state index in [9.17, 15) is 4.79 Å². The molecule has 0 spiro atoms. The van der Waals surface area contributed by atoms with E-state index in [0.29, 0.717) is 26.2 Å². The van der Waals surface area contributed by atoms with E-state index in [1.807, 2.05) is 51.2 Å². The van der Waals surface area contributed by atoms with Crippen molar-refractivity contribution in [1.82, 2.24) is 20.1 Å². The van der Waals surface area contributed by atoms with Crippen molar-refractivity contribution in [1.29, 1.82) is 0 Å². The molecule has 1 amide bonds. The fourth-order valence-corrected chi connectivity index (χ4v) is 3.71. The van der Waals surface area contributed by atoms with Gasteiger partial charge in [-0.05, 0) is 38.5 Å². The number of carbonyl (C=O) groups excluding carboxylic acids is 1. The number of hydrogen-bond donors (Lipinski definition) is 1. The quantitative estimate of drug-likeness (QED) is 0.630. The van der Waals surface area contributed by atoms with Gasteiger partial charge in [0.2, 0.25) is 0 Å². The number of benzene rings is 1. The van der Waals surface area contributed by atoms with E-state index >= 15 is 0 Å². The summed E-state index contributed by atoms with van der Waals surface area (Å²) in [5, 5.41) is 4.64. The van der Waals surface area contributed by atoms with Crippen LogP contribution in [0.1, 0.15) is 26.3 Å². The maximum atomic E-state index is 12.3. The van der Waals surface area contributed by atoms with Crippen LogP contribution < -0.4 is 5.32 Å². The summed E-state index contributed by atoms with van der Waals surface area (Å²) in [7, 11) is 0. The Morgan fingerprint density at radius 1 is 1.24 bits per heavy atom. The molecule has 29 heavy (non-hydrogen) atoms. The molecule has 2 aliphatic heterocycles. The summed E-state index contributed by atoms with van der Waals surface area (Å²) >= 11 is 0. The predicted molar refractivity (Wildman–Crippen MR) is 125 cm³/mol. The van der Waals surface area contributed by atoms with Crippen LogP contribution in [0.15, 0.2) is 41.5 Å². The first kappa shape index (κ1) is 21.6. The Morgan fingerprint density at radius 3 is 2.83 bits per heavy atom. The van der Waals surface area contributed by atoms with Crippen molar-refractivity contribution >= 4 is 46.9 Å². The zero-order chi connectivity index (χ0) is 19.7. The highest BCUT2D eigenvalue weighted by Gasteiger charge is 2.36. The van der Waals surface area contributed by atoms with Crippen molar-refractivity contribution in [2.45, 2.75) is 39.0 Å². The van der Waals surface area contributed by atoms with Gasteiger partial charge in [0, 0.05) is 37.8 Å². The average molecular weight is 509 g/mol. The van der Waals surface area contributed by atoms with Gasteiger partial charge in [0.25, 0.3) is 0 Å². The van der Waals surface area contributed by atoms with E-state index < -0.39 is 5.60 Å². The van der Waals surface area contributed by atoms with Crippen LogP contribution in [0, 0.1) is 0 Å². The van der Waals surface area contributed by atoms with Crippen molar-refractivity contribution in [2.24, 2.45) is 4.99 Å². The van der Waals surface area contributed by atoms with E-state index in [4.69, 9.17) is 4.74 Å². The van der Waals surface area contributed by atoms with Crippen LogP contribution in [0.3, 0.4) is 0 Å². The Kier molecular flexibility index (Phi) is 6.50. The number of para-hydroxylation sites is 1. The molecule has 1 saturated heterocycles. The van der Waals surface area contributed by atoms with Crippen LogP contribution in [-0.4, -0.2) is 64.7 Å². The number of hydrogen-bond acceptors (Lipinski definition) is 6. The molecule has 2 aliphatic rings. The highest BCUT2D eigenvalue weighted by molar-refractivity contribution is 14.0. The Morgan fingerprint density at radius 2 is 2.03 bits per heavy atom. The van der Waals surface area contributed by atoms with Crippen LogP contribution in [0.5, 0.6) is 0 Å². The van der Waals surface area contributed by atoms with Gasteiger partial charge in [-0.1, -0.05) is 18.2 Å². The highest BCUT2D eigenvalue weighted by atomic mass is 127. The number of rotatable bonds is 2. The standard InChI is InChI=1S/C21H27N5O2.HI/c1-21(2,3)28-20(27)25-10-11-26-16(14-25)13-24-19(26)23-12-15-8-9-22-18-7-5-4-6-17(15)18;/h4-9,16H,10-14H2,1-3H3,(H,23,24);1H. The number of guanidine groups is 1. The van der Waals surface area contributed by atoms with Crippen LogP contribution in [0.2, 0.25) is 0 Å². The second-order valence-electron chi connectivity index (χ2n) is 8.28. The van der Waals surface area contributed by atoms with Crippen molar-refractivity contribution in [2.75, 3.05) is 26.2 Å². The topological polar surface area (TPSA) is 70.1 Å². The number of carbonyl (C=O) groups is 1. The van der Waals surface area contributed by atoms with Gasteiger partial charge >= 0.3 is 6.09 Å². The minimum atomic E-state index is -0.472. The number of pyridine rings is 1. The van der Waals surface area contributed by atoms with Crippen LogP contribution in [0.4, 0.5) is 4.79 Å².